The molecule has 132 valence electrons. The molecule has 0 spiro atoms. The molecule has 0 aliphatic carbocycles. The van der Waals surface area contributed by atoms with Gasteiger partial charge in [-0.15, -0.1) is 0 Å². The maximum absolute atomic E-state index is 12.6. The second-order valence-electron chi connectivity index (χ2n) is 5.54. The predicted molar refractivity (Wildman–Crippen MR) is 95.2 cm³/mol. The second kappa shape index (κ2) is 8.77. The van der Waals surface area contributed by atoms with Crippen LogP contribution in [0.5, 0.6) is 0 Å². The van der Waals surface area contributed by atoms with Crippen LogP contribution in [0.15, 0.2) is 49.1 Å². The van der Waals surface area contributed by atoms with E-state index in [9.17, 15) is 9.59 Å². The number of Topliss-reactive ketones (excluding diaryl/α,β-unsaturated/α-hetero) is 1. The number of hydrogen-bond donors (Lipinski definition) is 2. The third-order valence-corrected chi connectivity index (χ3v) is 3.89. The van der Waals surface area contributed by atoms with Crippen LogP contribution in [0.2, 0.25) is 0 Å². The smallest absolute Gasteiger partial charge is 0.323 e. The Morgan fingerprint density at radius 3 is 1.76 bits per heavy atom. The van der Waals surface area contributed by atoms with E-state index in [2.05, 4.69) is 20.6 Å². The maximum atomic E-state index is 12.6. The molecule has 0 atom stereocenters. The lowest BCUT2D eigenvalue weighted by molar-refractivity contribution is -0.157. The molecule has 7 nitrogen and oxygen atoms in total. The molecule has 0 radical (unpaired) electrons. The lowest BCUT2D eigenvalue weighted by Gasteiger charge is -2.30. The SMILES string of the molecule is CCOC(=O)C(CNc1ccncc1)(CNc1ccncc1)C(C)=O. The average molecular weight is 342 g/mol. The minimum atomic E-state index is -1.34. The van der Waals surface area contributed by atoms with Crippen LogP contribution in [0.25, 0.3) is 0 Å². The van der Waals surface area contributed by atoms with Crippen LogP contribution in [-0.4, -0.2) is 41.4 Å². The van der Waals surface area contributed by atoms with Crippen molar-refractivity contribution >= 4 is 23.1 Å². The van der Waals surface area contributed by atoms with Gasteiger partial charge in [0.25, 0.3) is 0 Å². The van der Waals surface area contributed by atoms with Crippen LogP contribution < -0.4 is 10.6 Å². The minimum absolute atomic E-state index is 0.114. The normalized spacial score (nSPS) is 10.8. The summed E-state index contributed by atoms with van der Waals surface area (Å²) in [5, 5.41) is 6.26. The van der Waals surface area contributed by atoms with Crippen LogP contribution in [-0.2, 0) is 14.3 Å². The molecule has 2 aromatic heterocycles. The molecule has 7 heteroatoms. The fourth-order valence-corrected chi connectivity index (χ4v) is 2.31. The van der Waals surface area contributed by atoms with E-state index in [0.29, 0.717) is 0 Å². The van der Waals surface area contributed by atoms with E-state index in [-0.39, 0.29) is 25.5 Å². The monoisotopic (exact) mass is 342 g/mol. The summed E-state index contributed by atoms with van der Waals surface area (Å²) >= 11 is 0. The van der Waals surface area contributed by atoms with Gasteiger partial charge in [-0.1, -0.05) is 0 Å². The van der Waals surface area contributed by atoms with Crippen molar-refractivity contribution in [2.75, 3.05) is 30.3 Å². The number of anilines is 2. The summed E-state index contributed by atoms with van der Waals surface area (Å²) in [7, 11) is 0. The number of carbonyl (C=O) groups is 2. The highest BCUT2D eigenvalue weighted by atomic mass is 16.5. The van der Waals surface area contributed by atoms with Crippen molar-refractivity contribution in [1.82, 2.24) is 9.97 Å². The predicted octanol–water partition coefficient (Wildman–Crippen LogP) is 2.14. The van der Waals surface area contributed by atoms with Gasteiger partial charge in [-0.3, -0.25) is 19.6 Å². The quantitative estimate of drug-likeness (QED) is 0.532. The summed E-state index contributed by atoms with van der Waals surface area (Å²) in [4.78, 5) is 32.9. The average Bonchev–Trinajstić information content (AvgIpc) is 2.63. The van der Waals surface area contributed by atoms with Crippen molar-refractivity contribution in [3.8, 4) is 0 Å². The van der Waals surface area contributed by atoms with E-state index in [1.165, 1.54) is 6.92 Å². The van der Waals surface area contributed by atoms with E-state index in [1.807, 2.05) is 0 Å². The number of rotatable bonds is 9. The fourth-order valence-electron chi connectivity index (χ4n) is 2.31. The summed E-state index contributed by atoms with van der Waals surface area (Å²) in [5.41, 5.74) is 0.199. The Morgan fingerprint density at radius 1 is 0.960 bits per heavy atom. The number of nitrogens with zero attached hydrogens (tertiary/aromatic N) is 2. The first kappa shape index (κ1) is 18.4. The Kier molecular flexibility index (Phi) is 6.45. The van der Waals surface area contributed by atoms with Crippen LogP contribution in [0.4, 0.5) is 11.4 Å². The van der Waals surface area contributed by atoms with E-state index < -0.39 is 11.4 Å². The molecule has 0 aromatic carbocycles. The summed E-state index contributed by atoms with van der Waals surface area (Å²) in [5.74, 6) is -0.820. The van der Waals surface area contributed by atoms with E-state index in [0.717, 1.165) is 11.4 Å². The molecule has 0 aliphatic rings. The molecule has 0 bridgehead atoms. The van der Waals surface area contributed by atoms with Gasteiger partial charge in [-0.05, 0) is 38.1 Å². The molecule has 2 N–H and O–H groups in total. The van der Waals surface area contributed by atoms with Crippen molar-refractivity contribution < 1.29 is 14.3 Å². The summed E-state index contributed by atoms with van der Waals surface area (Å²) < 4.78 is 5.18. The Hall–Kier alpha value is -2.96. The molecule has 2 heterocycles. The Morgan fingerprint density at radius 2 is 1.40 bits per heavy atom. The molecule has 0 unspecified atom stereocenters. The zero-order valence-corrected chi connectivity index (χ0v) is 14.4. The summed E-state index contributed by atoms with van der Waals surface area (Å²) in [6.45, 7) is 3.56. The highest BCUT2D eigenvalue weighted by Gasteiger charge is 2.44. The number of aromatic nitrogens is 2. The number of carbonyl (C=O) groups excluding carboxylic acids is 2. The van der Waals surface area contributed by atoms with Crippen LogP contribution in [0.1, 0.15) is 13.8 Å². The summed E-state index contributed by atoms with van der Waals surface area (Å²) in [6, 6.07) is 7.08. The van der Waals surface area contributed by atoms with Crippen LogP contribution in [0.3, 0.4) is 0 Å². The van der Waals surface area contributed by atoms with E-state index >= 15 is 0 Å². The molecule has 0 aliphatic heterocycles. The minimum Gasteiger partial charge on any atom is -0.465 e. The number of nitrogens with one attached hydrogen (secondary N) is 2. The lowest BCUT2D eigenvalue weighted by Crippen LogP contribution is -2.50. The first-order valence-electron chi connectivity index (χ1n) is 8.04. The molecule has 0 amide bonds. The van der Waals surface area contributed by atoms with Crippen molar-refractivity contribution in [3.63, 3.8) is 0 Å². The van der Waals surface area contributed by atoms with E-state index in [1.54, 1.807) is 56.0 Å². The van der Waals surface area contributed by atoms with Gasteiger partial charge < -0.3 is 15.4 Å². The van der Waals surface area contributed by atoms with Crippen LogP contribution >= 0.6 is 0 Å². The maximum Gasteiger partial charge on any atom is 0.323 e. The van der Waals surface area contributed by atoms with Gasteiger partial charge >= 0.3 is 5.97 Å². The summed E-state index contributed by atoms with van der Waals surface area (Å²) in [6.07, 6.45) is 6.55. The molecule has 0 saturated carbocycles. The second-order valence-corrected chi connectivity index (χ2v) is 5.54. The Labute approximate surface area is 146 Å². The number of esters is 1. The Bertz CT molecular complexity index is 648. The van der Waals surface area contributed by atoms with Gasteiger partial charge in [-0.25, -0.2) is 0 Å². The number of ketones is 1. The number of hydrogen-bond acceptors (Lipinski definition) is 7. The van der Waals surface area contributed by atoms with Gasteiger partial charge in [-0.2, -0.15) is 0 Å². The number of ether oxygens (including phenoxy) is 1. The van der Waals surface area contributed by atoms with Gasteiger partial charge in [0, 0.05) is 49.3 Å². The first-order chi connectivity index (χ1) is 12.1. The van der Waals surface area contributed by atoms with Crippen molar-refractivity contribution in [3.05, 3.63) is 49.1 Å². The van der Waals surface area contributed by atoms with Crippen LogP contribution in [0, 0.1) is 5.41 Å². The zero-order chi connectivity index (χ0) is 18.1. The van der Waals surface area contributed by atoms with Crippen molar-refractivity contribution in [2.24, 2.45) is 5.41 Å². The molecule has 0 fully saturated rings. The topological polar surface area (TPSA) is 93.2 Å². The lowest BCUT2D eigenvalue weighted by atomic mass is 9.83. The van der Waals surface area contributed by atoms with Gasteiger partial charge in [0.15, 0.2) is 11.2 Å². The van der Waals surface area contributed by atoms with Gasteiger partial charge in [0.1, 0.15) is 0 Å². The van der Waals surface area contributed by atoms with Crippen molar-refractivity contribution in [2.45, 2.75) is 13.8 Å². The third kappa shape index (κ3) is 4.76. The van der Waals surface area contributed by atoms with Crippen molar-refractivity contribution in [1.29, 1.82) is 0 Å². The highest BCUT2D eigenvalue weighted by molar-refractivity contribution is 6.04. The fraction of sp³-hybridized carbons (Fsp3) is 0.333. The zero-order valence-electron chi connectivity index (χ0n) is 14.4. The largest absolute Gasteiger partial charge is 0.465 e. The first-order valence-corrected chi connectivity index (χ1v) is 8.04. The van der Waals surface area contributed by atoms with E-state index in [4.69, 9.17) is 4.74 Å². The van der Waals surface area contributed by atoms with Gasteiger partial charge in [0.05, 0.1) is 6.61 Å². The van der Waals surface area contributed by atoms with Gasteiger partial charge in [0.2, 0.25) is 0 Å². The molecule has 2 aromatic rings. The highest BCUT2D eigenvalue weighted by Crippen LogP contribution is 2.24. The molecular formula is C18H22N4O3. The number of pyridine rings is 2. The molecule has 0 saturated heterocycles. The third-order valence-electron chi connectivity index (χ3n) is 3.89. The molecular weight excluding hydrogens is 320 g/mol. The Balaban J connectivity index is 2.21. The molecule has 25 heavy (non-hydrogen) atoms. The standard InChI is InChI=1S/C18H22N4O3/c1-3-25-17(24)18(14(2)23,12-21-15-4-8-19-9-5-15)13-22-16-6-10-20-11-7-16/h4-11H,3,12-13H2,1-2H3,(H,19,21)(H,20,22). The molecule has 2 rings (SSSR count).